The minimum absolute atomic E-state index is 0.109. The molecule has 0 aliphatic carbocycles. The maximum Gasteiger partial charge on any atom is 0.282 e. The van der Waals surface area contributed by atoms with E-state index in [4.69, 9.17) is 0 Å². The third-order valence-electron chi connectivity index (χ3n) is 4.71. The zero-order chi connectivity index (χ0) is 21.3. The van der Waals surface area contributed by atoms with E-state index in [2.05, 4.69) is 0 Å². The van der Waals surface area contributed by atoms with Crippen LogP contribution in [0.15, 0.2) is 48.2 Å². The summed E-state index contributed by atoms with van der Waals surface area (Å²) in [4.78, 5) is 39.6. The number of nitro groups is 1. The normalized spacial score (nSPS) is 14.0. The lowest BCUT2D eigenvalue weighted by Gasteiger charge is -2.21. The first-order chi connectivity index (χ1) is 13.7. The summed E-state index contributed by atoms with van der Waals surface area (Å²) in [6, 6.07) is 11.0. The van der Waals surface area contributed by atoms with Crippen molar-refractivity contribution in [3.63, 3.8) is 0 Å². The summed E-state index contributed by atoms with van der Waals surface area (Å²) < 4.78 is 0. The van der Waals surface area contributed by atoms with Crippen LogP contribution in [0.5, 0.6) is 0 Å². The van der Waals surface area contributed by atoms with E-state index in [9.17, 15) is 24.8 Å². The highest BCUT2D eigenvalue weighted by atomic mass is 16.6. The lowest BCUT2D eigenvalue weighted by atomic mass is 10.0. The Balaban J connectivity index is 2.13. The molecule has 1 heterocycles. The van der Waals surface area contributed by atoms with Crippen molar-refractivity contribution in [3.05, 3.63) is 75.0 Å². The van der Waals surface area contributed by atoms with Crippen LogP contribution in [0.3, 0.4) is 0 Å². The van der Waals surface area contributed by atoms with Crippen LogP contribution < -0.4 is 4.90 Å². The molecule has 2 aromatic rings. The van der Waals surface area contributed by atoms with Gasteiger partial charge in [-0.2, -0.15) is 0 Å². The smallest absolute Gasteiger partial charge is 0.282 e. The molecule has 0 atom stereocenters. The number of rotatable bonds is 6. The van der Waals surface area contributed by atoms with E-state index >= 15 is 0 Å². The number of hydrogen-bond acceptors (Lipinski definition) is 6. The molecule has 0 saturated heterocycles. The number of aliphatic hydroxyl groups is 1. The molecule has 0 bridgehead atoms. The summed E-state index contributed by atoms with van der Waals surface area (Å²) in [6.45, 7) is 3.72. The second kappa shape index (κ2) is 7.84. The molecule has 29 heavy (non-hydrogen) atoms. The molecule has 2 aromatic carbocycles. The monoisotopic (exact) mass is 395 g/mol. The van der Waals surface area contributed by atoms with E-state index in [0.29, 0.717) is 11.3 Å². The number of carbonyl (C=O) groups excluding carboxylic acids is 2. The molecule has 1 N–H and O–H groups in total. The van der Waals surface area contributed by atoms with Gasteiger partial charge in [0, 0.05) is 25.7 Å². The van der Waals surface area contributed by atoms with Gasteiger partial charge in [-0.1, -0.05) is 6.07 Å². The Morgan fingerprint density at radius 2 is 1.62 bits per heavy atom. The lowest BCUT2D eigenvalue weighted by Crippen LogP contribution is -2.35. The number of carbonyl (C=O) groups is 2. The van der Waals surface area contributed by atoms with Crippen molar-refractivity contribution in [1.29, 1.82) is 0 Å². The topological polar surface area (TPSA) is 104 Å². The Hall–Kier alpha value is -3.52. The van der Waals surface area contributed by atoms with Gasteiger partial charge in [-0.25, -0.2) is 4.90 Å². The SMILES string of the molecule is Cc1cc(C)cc(N2C(=O)C(c3ccc([N+](=O)[O-])cc3)=C(N(C)CCO)C2=O)c1. The van der Waals surface area contributed by atoms with Crippen molar-refractivity contribution in [3.8, 4) is 0 Å². The molecule has 0 spiro atoms. The van der Waals surface area contributed by atoms with Gasteiger partial charge in [0.25, 0.3) is 17.5 Å². The van der Waals surface area contributed by atoms with E-state index in [-0.39, 0.29) is 30.1 Å². The number of amides is 2. The van der Waals surface area contributed by atoms with Crippen LogP contribution in [-0.4, -0.2) is 46.9 Å². The van der Waals surface area contributed by atoms with Crippen molar-refractivity contribution < 1.29 is 19.6 Å². The number of nitro benzene ring substituents is 1. The standard InChI is InChI=1S/C21H21N3O5/c1-13-10-14(2)12-17(11-13)23-20(26)18(19(21(23)27)22(3)8-9-25)15-4-6-16(7-5-15)24(28)29/h4-7,10-12,25H,8-9H2,1-3H3. The van der Waals surface area contributed by atoms with E-state index in [1.165, 1.54) is 29.2 Å². The highest BCUT2D eigenvalue weighted by Gasteiger charge is 2.41. The maximum atomic E-state index is 13.3. The summed E-state index contributed by atoms with van der Waals surface area (Å²) in [7, 11) is 1.62. The highest BCUT2D eigenvalue weighted by Crippen LogP contribution is 2.35. The first-order valence-corrected chi connectivity index (χ1v) is 9.02. The number of anilines is 1. The summed E-state index contributed by atoms with van der Waals surface area (Å²) in [5, 5.41) is 20.2. The first-order valence-electron chi connectivity index (χ1n) is 9.02. The Labute approximate surface area is 167 Å². The van der Waals surface area contributed by atoms with Crippen LogP contribution >= 0.6 is 0 Å². The van der Waals surface area contributed by atoms with E-state index in [1.54, 1.807) is 19.2 Å². The van der Waals surface area contributed by atoms with E-state index < -0.39 is 16.7 Å². The molecular formula is C21H21N3O5. The summed E-state index contributed by atoms with van der Waals surface area (Å²) in [5.41, 5.74) is 2.88. The van der Waals surface area contributed by atoms with Crippen molar-refractivity contribution in [1.82, 2.24) is 4.90 Å². The van der Waals surface area contributed by atoms with Crippen LogP contribution in [0.4, 0.5) is 11.4 Å². The Bertz CT molecular complexity index is 1010. The third kappa shape index (κ3) is 3.74. The van der Waals surface area contributed by atoms with E-state index in [1.807, 2.05) is 19.9 Å². The molecule has 1 aliphatic rings. The number of imide groups is 1. The molecule has 0 aromatic heterocycles. The first kappa shape index (κ1) is 20.2. The molecule has 150 valence electrons. The average molecular weight is 395 g/mol. The summed E-state index contributed by atoms with van der Waals surface area (Å²) >= 11 is 0. The molecule has 0 unspecified atom stereocenters. The van der Waals surface area contributed by atoms with Crippen LogP contribution in [0.2, 0.25) is 0 Å². The predicted octanol–water partition coefficient (Wildman–Crippen LogP) is 2.42. The van der Waals surface area contributed by atoms with Gasteiger partial charge in [-0.05, 0) is 54.8 Å². The third-order valence-corrected chi connectivity index (χ3v) is 4.71. The number of nitrogens with zero attached hydrogens (tertiary/aromatic N) is 3. The number of benzene rings is 2. The van der Waals surface area contributed by atoms with Gasteiger partial charge < -0.3 is 10.0 Å². The van der Waals surface area contributed by atoms with Gasteiger partial charge in [-0.3, -0.25) is 19.7 Å². The Kier molecular flexibility index (Phi) is 5.47. The number of aryl methyl sites for hydroxylation is 2. The van der Waals surface area contributed by atoms with Gasteiger partial charge in [0.15, 0.2) is 0 Å². The predicted molar refractivity (Wildman–Crippen MR) is 108 cm³/mol. The quantitative estimate of drug-likeness (QED) is 0.458. The van der Waals surface area contributed by atoms with Crippen LogP contribution in [0.1, 0.15) is 16.7 Å². The highest BCUT2D eigenvalue weighted by molar-refractivity contribution is 6.45. The zero-order valence-electron chi connectivity index (χ0n) is 16.4. The summed E-state index contributed by atoms with van der Waals surface area (Å²) in [6.07, 6.45) is 0. The van der Waals surface area contributed by atoms with Gasteiger partial charge in [0.1, 0.15) is 5.70 Å². The fourth-order valence-corrected chi connectivity index (χ4v) is 3.46. The van der Waals surface area contributed by atoms with Gasteiger partial charge in [0.2, 0.25) is 0 Å². The van der Waals surface area contributed by atoms with Crippen molar-refractivity contribution in [2.24, 2.45) is 0 Å². The molecule has 3 rings (SSSR count). The average Bonchev–Trinajstić information content (AvgIpc) is 2.91. The van der Waals surface area contributed by atoms with Crippen LogP contribution in [0.25, 0.3) is 5.57 Å². The lowest BCUT2D eigenvalue weighted by molar-refractivity contribution is -0.384. The van der Waals surface area contributed by atoms with Gasteiger partial charge in [0.05, 0.1) is 22.8 Å². The zero-order valence-corrected chi connectivity index (χ0v) is 16.4. The molecule has 0 radical (unpaired) electrons. The fourth-order valence-electron chi connectivity index (χ4n) is 3.46. The molecule has 0 saturated carbocycles. The largest absolute Gasteiger partial charge is 0.395 e. The maximum absolute atomic E-state index is 13.3. The number of hydrogen-bond donors (Lipinski definition) is 1. The van der Waals surface area contributed by atoms with Crippen molar-refractivity contribution >= 4 is 28.8 Å². The molecule has 8 heteroatoms. The second-order valence-corrected chi connectivity index (χ2v) is 6.96. The minimum atomic E-state index is -0.527. The molecular weight excluding hydrogens is 374 g/mol. The Morgan fingerprint density at radius 3 is 2.14 bits per heavy atom. The second-order valence-electron chi connectivity index (χ2n) is 6.96. The molecule has 0 fully saturated rings. The number of non-ortho nitro benzene ring substituents is 1. The molecule has 8 nitrogen and oxygen atoms in total. The fraction of sp³-hybridized carbons (Fsp3) is 0.238. The van der Waals surface area contributed by atoms with Gasteiger partial charge in [-0.15, -0.1) is 0 Å². The van der Waals surface area contributed by atoms with Gasteiger partial charge >= 0.3 is 0 Å². The minimum Gasteiger partial charge on any atom is -0.395 e. The Morgan fingerprint density at radius 1 is 1.03 bits per heavy atom. The van der Waals surface area contributed by atoms with Crippen LogP contribution in [-0.2, 0) is 9.59 Å². The van der Waals surface area contributed by atoms with Crippen molar-refractivity contribution in [2.45, 2.75) is 13.8 Å². The molecule has 2 amide bonds. The van der Waals surface area contributed by atoms with E-state index in [0.717, 1.165) is 16.0 Å². The number of likely N-dealkylation sites (N-methyl/N-ethyl adjacent to an activating group) is 1. The van der Waals surface area contributed by atoms with Crippen molar-refractivity contribution in [2.75, 3.05) is 25.1 Å². The van der Waals surface area contributed by atoms with Crippen LogP contribution in [0, 0.1) is 24.0 Å². The number of aliphatic hydroxyl groups excluding tert-OH is 1. The summed E-state index contributed by atoms with van der Waals surface area (Å²) in [5.74, 6) is -1.00. The molecule has 1 aliphatic heterocycles.